The lowest BCUT2D eigenvalue weighted by atomic mass is 9.92. The maximum absolute atomic E-state index is 13.6. The van der Waals surface area contributed by atoms with E-state index in [-0.39, 0.29) is 5.82 Å². The highest BCUT2D eigenvalue weighted by Crippen LogP contribution is 2.22. The lowest BCUT2D eigenvalue weighted by molar-refractivity contribution is -0.0493. The maximum Gasteiger partial charge on any atom is 0.127 e. The highest BCUT2D eigenvalue weighted by Gasteiger charge is 2.33. The monoisotopic (exact) mass is 280 g/mol. The number of rotatable bonds is 5. The molecule has 1 saturated heterocycles. The van der Waals surface area contributed by atoms with Gasteiger partial charge in [0.25, 0.3) is 0 Å². The van der Waals surface area contributed by atoms with E-state index in [0.29, 0.717) is 25.2 Å². The van der Waals surface area contributed by atoms with Crippen molar-refractivity contribution < 1.29 is 9.50 Å². The van der Waals surface area contributed by atoms with Crippen LogP contribution in [0.3, 0.4) is 0 Å². The van der Waals surface area contributed by atoms with Crippen LogP contribution < -0.4 is 0 Å². The van der Waals surface area contributed by atoms with Gasteiger partial charge in [-0.2, -0.15) is 0 Å². The summed E-state index contributed by atoms with van der Waals surface area (Å²) in [4.78, 5) is 4.29. The van der Waals surface area contributed by atoms with Crippen molar-refractivity contribution in [3.05, 3.63) is 35.6 Å². The van der Waals surface area contributed by atoms with Crippen LogP contribution in [0.4, 0.5) is 4.39 Å². The van der Waals surface area contributed by atoms with Crippen LogP contribution in [0.5, 0.6) is 0 Å². The van der Waals surface area contributed by atoms with E-state index in [1.54, 1.807) is 12.1 Å². The van der Waals surface area contributed by atoms with E-state index in [1.165, 1.54) is 6.07 Å². The number of nitrogens with zero attached hydrogens (tertiary/aromatic N) is 2. The molecule has 1 heterocycles. The van der Waals surface area contributed by atoms with Crippen molar-refractivity contribution in [3.63, 3.8) is 0 Å². The molecule has 1 aromatic carbocycles. The fourth-order valence-electron chi connectivity index (χ4n) is 3.08. The molecule has 0 saturated carbocycles. The summed E-state index contributed by atoms with van der Waals surface area (Å²) in [6.07, 6.45) is 1.85. The molecule has 0 spiro atoms. The molecule has 1 aliphatic heterocycles. The molecule has 0 radical (unpaired) electrons. The topological polar surface area (TPSA) is 26.7 Å². The molecule has 3 nitrogen and oxygen atoms in total. The Morgan fingerprint density at radius 3 is 2.85 bits per heavy atom. The number of piperidine rings is 1. The summed E-state index contributed by atoms with van der Waals surface area (Å²) in [5.74, 6) is -0.176. The van der Waals surface area contributed by atoms with Crippen LogP contribution in [-0.4, -0.2) is 53.7 Å². The summed E-state index contributed by atoms with van der Waals surface area (Å²) in [5.41, 5.74) is 0.00983. The fraction of sp³-hybridized carbons (Fsp3) is 0.625. The van der Waals surface area contributed by atoms with Gasteiger partial charge in [0.15, 0.2) is 0 Å². The molecule has 0 aliphatic carbocycles. The van der Waals surface area contributed by atoms with Gasteiger partial charge in [-0.15, -0.1) is 0 Å². The predicted molar refractivity (Wildman–Crippen MR) is 79.0 cm³/mol. The number of hydrogen-bond acceptors (Lipinski definition) is 3. The molecule has 112 valence electrons. The van der Waals surface area contributed by atoms with Gasteiger partial charge in [0.05, 0.1) is 5.60 Å². The summed E-state index contributed by atoms with van der Waals surface area (Å²) in [7, 11) is 1.94. The molecule has 1 aliphatic rings. The Balaban J connectivity index is 1.93. The van der Waals surface area contributed by atoms with E-state index in [9.17, 15) is 9.50 Å². The highest BCUT2D eigenvalue weighted by molar-refractivity contribution is 5.17. The number of likely N-dealkylation sites (tertiary alicyclic amines) is 1. The molecular formula is C16H25FN2O. The Hall–Kier alpha value is -0.970. The van der Waals surface area contributed by atoms with Crippen molar-refractivity contribution in [1.82, 2.24) is 9.80 Å². The Labute approximate surface area is 121 Å². The average Bonchev–Trinajstić information content (AvgIpc) is 2.40. The van der Waals surface area contributed by atoms with E-state index in [0.717, 1.165) is 25.9 Å². The molecule has 0 unspecified atom stereocenters. The second kappa shape index (κ2) is 6.66. The maximum atomic E-state index is 13.6. The van der Waals surface area contributed by atoms with Gasteiger partial charge in [-0.25, -0.2) is 4.39 Å². The number of halogens is 1. The quantitative estimate of drug-likeness (QED) is 0.895. The molecule has 0 aromatic heterocycles. The summed E-state index contributed by atoms with van der Waals surface area (Å²) in [5, 5.41) is 10.7. The number of hydrogen-bond donors (Lipinski definition) is 1. The third kappa shape index (κ3) is 4.01. The number of aliphatic hydroxyl groups is 1. The third-order valence-electron chi connectivity index (χ3n) is 4.04. The van der Waals surface area contributed by atoms with Crippen molar-refractivity contribution in [1.29, 1.82) is 0 Å². The van der Waals surface area contributed by atoms with Crippen LogP contribution >= 0.6 is 0 Å². The Morgan fingerprint density at radius 2 is 2.15 bits per heavy atom. The van der Waals surface area contributed by atoms with Gasteiger partial charge in [0.1, 0.15) is 5.82 Å². The predicted octanol–water partition coefficient (Wildman–Crippen LogP) is 2.10. The van der Waals surface area contributed by atoms with Crippen molar-refractivity contribution >= 4 is 0 Å². The lowest BCUT2D eigenvalue weighted by Gasteiger charge is -2.40. The zero-order chi connectivity index (χ0) is 14.6. The van der Waals surface area contributed by atoms with Crippen LogP contribution in [0, 0.1) is 5.82 Å². The van der Waals surface area contributed by atoms with E-state index in [4.69, 9.17) is 0 Å². The largest absolute Gasteiger partial charge is 0.387 e. The summed E-state index contributed by atoms with van der Waals surface area (Å²) < 4.78 is 13.6. The van der Waals surface area contributed by atoms with E-state index in [1.807, 2.05) is 18.0 Å². The minimum absolute atomic E-state index is 0.176. The number of β-amino-alcohol motifs (C(OH)–C–C–N with tert-alkyl or cyclic N) is 1. The zero-order valence-electron chi connectivity index (χ0n) is 12.5. The molecular weight excluding hydrogens is 255 g/mol. The first-order valence-electron chi connectivity index (χ1n) is 7.39. The van der Waals surface area contributed by atoms with E-state index in [2.05, 4.69) is 11.8 Å². The first-order valence-corrected chi connectivity index (χ1v) is 7.39. The first-order chi connectivity index (χ1) is 9.52. The second-order valence-electron chi connectivity index (χ2n) is 5.96. The van der Waals surface area contributed by atoms with Crippen LogP contribution in [0.25, 0.3) is 0 Å². The van der Waals surface area contributed by atoms with Crippen LogP contribution in [0.1, 0.15) is 25.3 Å². The summed E-state index contributed by atoms with van der Waals surface area (Å²) in [6, 6.07) is 6.83. The molecule has 4 heteroatoms. The summed E-state index contributed by atoms with van der Waals surface area (Å²) in [6.45, 7) is 5.98. The van der Waals surface area contributed by atoms with Crippen LogP contribution in [0.15, 0.2) is 24.3 Å². The Bertz CT molecular complexity index is 440. The fourth-order valence-corrected chi connectivity index (χ4v) is 3.08. The van der Waals surface area contributed by atoms with Gasteiger partial charge < -0.3 is 10.0 Å². The van der Waals surface area contributed by atoms with Crippen molar-refractivity contribution in [2.45, 2.75) is 31.9 Å². The molecule has 0 bridgehead atoms. The molecule has 2 rings (SSSR count). The van der Waals surface area contributed by atoms with E-state index < -0.39 is 5.60 Å². The van der Waals surface area contributed by atoms with E-state index >= 15 is 0 Å². The number of likely N-dealkylation sites (N-methyl/N-ethyl adjacent to an activating group) is 2. The number of benzene rings is 1. The van der Waals surface area contributed by atoms with Gasteiger partial charge in [-0.05, 0) is 39.0 Å². The molecule has 1 atom stereocenters. The lowest BCUT2D eigenvalue weighted by Crippen LogP contribution is -2.53. The van der Waals surface area contributed by atoms with Gasteiger partial charge in [-0.3, -0.25) is 4.90 Å². The normalized spacial score (nSPS) is 24.2. The Kier molecular flexibility index (Phi) is 5.13. The van der Waals surface area contributed by atoms with Gasteiger partial charge in [0.2, 0.25) is 0 Å². The van der Waals surface area contributed by atoms with Crippen molar-refractivity contribution in [3.8, 4) is 0 Å². The van der Waals surface area contributed by atoms with Gasteiger partial charge >= 0.3 is 0 Å². The van der Waals surface area contributed by atoms with Crippen LogP contribution in [-0.2, 0) is 6.54 Å². The van der Waals surface area contributed by atoms with Gasteiger partial charge in [0, 0.05) is 25.2 Å². The highest BCUT2D eigenvalue weighted by atomic mass is 19.1. The molecule has 1 aromatic rings. The minimum atomic E-state index is -0.672. The molecule has 20 heavy (non-hydrogen) atoms. The smallest absolute Gasteiger partial charge is 0.127 e. The third-order valence-corrected chi connectivity index (χ3v) is 4.04. The zero-order valence-corrected chi connectivity index (χ0v) is 12.5. The van der Waals surface area contributed by atoms with Crippen molar-refractivity contribution in [2.75, 3.05) is 33.2 Å². The SMILES string of the molecule is CCN1CCC[C@](O)(CN(C)Cc2ccccc2F)C1. The molecule has 1 fully saturated rings. The Morgan fingerprint density at radius 1 is 1.40 bits per heavy atom. The average molecular weight is 280 g/mol. The first kappa shape index (κ1) is 15.4. The summed E-state index contributed by atoms with van der Waals surface area (Å²) >= 11 is 0. The van der Waals surface area contributed by atoms with Crippen LogP contribution in [0.2, 0.25) is 0 Å². The molecule has 0 amide bonds. The minimum Gasteiger partial charge on any atom is -0.387 e. The van der Waals surface area contributed by atoms with Crippen molar-refractivity contribution in [2.24, 2.45) is 0 Å². The standard InChI is InChI=1S/C16H25FN2O/c1-3-19-10-6-9-16(20,13-19)12-18(2)11-14-7-4-5-8-15(14)17/h4-5,7-8,20H,3,6,9-13H2,1-2H3/t16-/m0/s1. The van der Waals surface area contributed by atoms with Gasteiger partial charge in [-0.1, -0.05) is 25.1 Å². The molecule has 1 N–H and O–H groups in total. The second-order valence-corrected chi connectivity index (χ2v) is 5.96.